The summed E-state index contributed by atoms with van der Waals surface area (Å²) in [7, 11) is 0. The number of hydrogen-bond donors (Lipinski definition) is 2. The summed E-state index contributed by atoms with van der Waals surface area (Å²) in [5, 5.41) is 9.30. The highest BCUT2D eigenvalue weighted by Gasteiger charge is 2.21. The summed E-state index contributed by atoms with van der Waals surface area (Å²) < 4.78 is 0. The summed E-state index contributed by atoms with van der Waals surface area (Å²) >= 11 is 3.03. The molecular weight excluding hydrogens is 390 g/mol. The van der Waals surface area contributed by atoms with Gasteiger partial charge < -0.3 is 10.6 Å². The molecule has 0 fully saturated rings. The molecule has 8 heteroatoms. The van der Waals surface area contributed by atoms with Crippen LogP contribution in [0.25, 0.3) is 10.2 Å². The Balaban J connectivity index is 1.58. The maximum atomic E-state index is 12.9. The van der Waals surface area contributed by atoms with Gasteiger partial charge in [0.1, 0.15) is 17.0 Å². The number of thiophene rings is 2. The molecule has 0 radical (unpaired) electrons. The van der Waals surface area contributed by atoms with E-state index in [2.05, 4.69) is 25.6 Å². The number of aryl methyl sites for hydroxylation is 1. The lowest BCUT2D eigenvalue weighted by atomic mass is 10.2. The molecule has 1 amide bonds. The highest BCUT2D eigenvalue weighted by atomic mass is 32.1. The Labute approximate surface area is 170 Å². The van der Waals surface area contributed by atoms with Crippen molar-refractivity contribution in [3.63, 3.8) is 0 Å². The van der Waals surface area contributed by atoms with Gasteiger partial charge in [-0.2, -0.15) is 0 Å². The molecule has 0 bridgehead atoms. The molecule has 6 nitrogen and oxygen atoms in total. The van der Waals surface area contributed by atoms with E-state index < -0.39 is 0 Å². The van der Waals surface area contributed by atoms with Gasteiger partial charge in [-0.25, -0.2) is 9.97 Å². The van der Waals surface area contributed by atoms with E-state index in [9.17, 15) is 4.79 Å². The molecule has 0 aromatic carbocycles. The number of fused-ring (bicyclic) bond motifs is 1. The maximum Gasteiger partial charge on any atom is 0.262 e. The van der Waals surface area contributed by atoms with E-state index in [0.29, 0.717) is 11.4 Å². The number of amides is 1. The topological polar surface area (TPSA) is 79.8 Å². The van der Waals surface area contributed by atoms with Crippen LogP contribution in [0.2, 0.25) is 0 Å². The molecule has 1 unspecified atom stereocenters. The minimum atomic E-state index is -0.0860. The zero-order valence-electron chi connectivity index (χ0n) is 15.5. The second-order valence-corrected chi connectivity index (χ2v) is 8.32. The summed E-state index contributed by atoms with van der Waals surface area (Å²) in [5.41, 5.74) is 1.81. The number of anilines is 1. The Morgan fingerprint density at radius 3 is 2.82 bits per heavy atom. The van der Waals surface area contributed by atoms with Crippen molar-refractivity contribution < 1.29 is 4.79 Å². The third-order valence-corrected chi connectivity index (χ3v) is 6.67. The van der Waals surface area contributed by atoms with E-state index in [-0.39, 0.29) is 11.9 Å². The molecule has 2 N–H and O–H groups in total. The molecule has 0 spiro atoms. The first-order chi connectivity index (χ1) is 13.6. The molecule has 28 heavy (non-hydrogen) atoms. The predicted molar refractivity (Wildman–Crippen MR) is 114 cm³/mol. The lowest BCUT2D eigenvalue weighted by molar-refractivity contribution is 0.0944. The van der Waals surface area contributed by atoms with Crippen molar-refractivity contribution in [3.8, 4) is 0 Å². The van der Waals surface area contributed by atoms with Crippen molar-refractivity contribution in [1.29, 1.82) is 0 Å². The van der Waals surface area contributed by atoms with E-state index in [1.165, 1.54) is 17.7 Å². The van der Waals surface area contributed by atoms with Crippen LogP contribution in [0.15, 0.2) is 48.2 Å². The van der Waals surface area contributed by atoms with Crippen molar-refractivity contribution in [1.82, 2.24) is 20.3 Å². The number of hydrogen-bond acceptors (Lipinski definition) is 7. The number of rotatable bonds is 6. The fourth-order valence-corrected chi connectivity index (χ4v) is 4.76. The van der Waals surface area contributed by atoms with Crippen molar-refractivity contribution in [2.45, 2.75) is 26.4 Å². The number of carbonyl (C=O) groups is 1. The summed E-state index contributed by atoms with van der Waals surface area (Å²) in [6.07, 6.45) is 3.29. The van der Waals surface area contributed by atoms with E-state index >= 15 is 0 Å². The molecule has 0 aliphatic rings. The third-order valence-electron chi connectivity index (χ3n) is 4.41. The highest BCUT2D eigenvalue weighted by Crippen LogP contribution is 2.33. The Kier molecular flexibility index (Phi) is 5.31. The number of nitrogens with one attached hydrogen (secondary N) is 2. The molecule has 4 heterocycles. The zero-order valence-corrected chi connectivity index (χ0v) is 17.1. The van der Waals surface area contributed by atoms with Gasteiger partial charge in [-0.15, -0.1) is 22.7 Å². The van der Waals surface area contributed by atoms with Crippen molar-refractivity contribution in [3.05, 3.63) is 69.2 Å². The van der Waals surface area contributed by atoms with Gasteiger partial charge in [0.25, 0.3) is 5.91 Å². The van der Waals surface area contributed by atoms with Crippen molar-refractivity contribution in [2.75, 3.05) is 5.32 Å². The van der Waals surface area contributed by atoms with Gasteiger partial charge >= 0.3 is 0 Å². The number of carbonyl (C=O) groups excluding carboxylic acids is 1. The fraction of sp³-hybridized carbons (Fsp3) is 0.200. The highest BCUT2D eigenvalue weighted by molar-refractivity contribution is 7.20. The summed E-state index contributed by atoms with van der Waals surface area (Å²) in [6, 6.07) is 9.77. The summed E-state index contributed by atoms with van der Waals surface area (Å²) in [5.74, 6) is 0.631. The Bertz CT molecular complexity index is 1090. The number of nitrogens with zero attached hydrogens (tertiary/aromatic N) is 3. The molecule has 142 valence electrons. The van der Waals surface area contributed by atoms with Gasteiger partial charge in [-0.1, -0.05) is 12.1 Å². The average Bonchev–Trinajstić information content (AvgIpc) is 3.36. The van der Waals surface area contributed by atoms with Crippen LogP contribution in [-0.4, -0.2) is 20.9 Å². The van der Waals surface area contributed by atoms with Crippen LogP contribution < -0.4 is 10.6 Å². The van der Waals surface area contributed by atoms with Crippen LogP contribution in [0, 0.1) is 6.92 Å². The van der Waals surface area contributed by atoms with Gasteiger partial charge in [0.15, 0.2) is 0 Å². The average molecular weight is 410 g/mol. The van der Waals surface area contributed by atoms with E-state index in [4.69, 9.17) is 0 Å². The minimum Gasteiger partial charge on any atom is -0.364 e. The fourth-order valence-electron chi connectivity index (χ4n) is 2.97. The standard InChI is InChI=1S/C20H19N5OS2/c1-12-16-18(22-10-14-6-3-4-8-21-14)23-11-24-20(16)28-17(12)19(26)25-13(2)15-7-5-9-27-15/h3-9,11,13H,10H2,1-2H3,(H,25,26)(H,22,23,24). The predicted octanol–water partition coefficient (Wildman–Crippen LogP) is 4.56. The van der Waals surface area contributed by atoms with Crippen LogP contribution in [-0.2, 0) is 6.54 Å². The first kappa shape index (κ1) is 18.5. The molecular formula is C20H19N5OS2. The van der Waals surface area contributed by atoms with Crippen LogP contribution in [0.4, 0.5) is 5.82 Å². The Hall–Kier alpha value is -2.84. The summed E-state index contributed by atoms with van der Waals surface area (Å²) in [4.78, 5) is 28.5. The SMILES string of the molecule is Cc1c(C(=O)NC(C)c2cccs2)sc2ncnc(NCc3ccccn3)c12. The quantitative estimate of drug-likeness (QED) is 0.488. The van der Waals surface area contributed by atoms with Gasteiger partial charge in [-0.3, -0.25) is 9.78 Å². The van der Waals surface area contributed by atoms with Crippen molar-refractivity contribution >= 4 is 44.6 Å². The second kappa shape index (κ2) is 8.04. The molecule has 4 rings (SSSR count). The molecule has 0 saturated heterocycles. The van der Waals surface area contributed by atoms with Crippen LogP contribution in [0.5, 0.6) is 0 Å². The van der Waals surface area contributed by atoms with Crippen LogP contribution in [0.1, 0.15) is 38.8 Å². The lowest BCUT2D eigenvalue weighted by Crippen LogP contribution is -2.25. The molecule has 1 atom stereocenters. The van der Waals surface area contributed by atoms with Crippen molar-refractivity contribution in [2.24, 2.45) is 0 Å². The van der Waals surface area contributed by atoms with E-state index in [0.717, 1.165) is 32.2 Å². The molecule has 0 aliphatic heterocycles. The maximum absolute atomic E-state index is 12.9. The van der Waals surface area contributed by atoms with E-state index in [1.54, 1.807) is 17.5 Å². The lowest BCUT2D eigenvalue weighted by Gasteiger charge is -2.11. The normalized spacial score (nSPS) is 12.1. The van der Waals surface area contributed by atoms with Gasteiger partial charge in [0.05, 0.1) is 28.5 Å². The molecule has 4 aromatic heterocycles. The van der Waals surface area contributed by atoms with Gasteiger partial charge in [0, 0.05) is 11.1 Å². The summed E-state index contributed by atoms with van der Waals surface area (Å²) in [6.45, 7) is 4.49. The second-order valence-electron chi connectivity index (χ2n) is 6.34. The largest absolute Gasteiger partial charge is 0.364 e. The molecule has 4 aromatic rings. The van der Waals surface area contributed by atoms with Gasteiger partial charge in [0.2, 0.25) is 0 Å². The zero-order chi connectivity index (χ0) is 19.5. The minimum absolute atomic E-state index is 0.0371. The molecule has 0 saturated carbocycles. The monoisotopic (exact) mass is 409 g/mol. The Morgan fingerprint density at radius 2 is 2.07 bits per heavy atom. The third kappa shape index (κ3) is 3.74. The number of aromatic nitrogens is 3. The number of pyridine rings is 1. The first-order valence-corrected chi connectivity index (χ1v) is 10.5. The smallest absolute Gasteiger partial charge is 0.262 e. The first-order valence-electron chi connectivity index (χ1n) is 8.85. The Morgan fingerprint density at radius 1 is 1.18 bits per heavy atom. The van der Waals surface area contributed by atoms with Crippen LogP contribution in [0.3, 0.4) is 0 Å². The molecule has 0 aliphatic carbocycles. The van der Waals surface area contributed by atoms with Gasteiger partial charge in [-0.05, 0) is 43.0 Å². The van der Waals surface area contributed by atoms with E-state index in [1.807, 2.05) is 49.6 Å². The van der Waals surface area contributed by atoms with Crippen LogP contribution >= 0.6 is 22.7 Å².